The van der Waals surface area contributed by atoms with Crippen LogP contribution in [0.2, 0.25) is 0 Å². The number of aromatic nitrogens is 2. The van der Waals surface area contributed by atoms with Gasteiger partial charge in [0.2, 0.25) is 5.95 Å². The van der Waals surface area contributed by atoms with Crippen LogP contribution in [0.4, 0.5) is 11.8 Å². The van der Waals surface area contributed by atoms with Gasteiger partial charge in [-0.15, -0.1) is 0 Å². The smallest absolute Gasteiger partial charge is 0.227 e. The molecule has 0 amide bonds. The second kappa shape index (κ2) is 5.76. The minimum Gasteiger partial charge on any atom is -0.370 e. The molecule has 1 aromatic heterocycles. The summed E-state index contributed by atoms with van der Waals surface area (Å²) < 4.78 is 0. The standard InChI is InChI=1S/C15H26N4/c1-5-16-13-11-12(15(2,3)4)17-14(18-13)19-9-7-6-8-10-19/h11H,5-10H2,1-4H3,(H,16,17,18). The molecule has 2 heterocycles. The van der Waals surface area contributed by atoms with E-state index >= 15 is 0 Å². The Morgan fingerprint density at radius 2 is 1.84 bits per heavy atom. The molecule has 4 heteroatoms. The van der Waals surface area contributed by atoms with Crippen molar-refractivity contribution in [3.8, 4) is 0 Å². The normalized spacial score (nSPS) is 16.5. The summed E-state index contributed by atoms with van der Waals surface area (Å²) in [5.74, 6) is 1.84. The average Bonchev–Trinajstić information content (AvgIpc) is 2.39. The van der Waals surface area contributed by atoms with Crippen molar-refractivity contribution in [2.45, 2.75) is 52.4 Å². The van der Waals surface area contributed by atoms with Crippen molar-refractivity contribution < 1.29 is 0 Å². The summed E-state index contributed by atoms with van der Waals surface area (Å²) in [6.07, 6.45) is 3.83. The van der Waals surface area contributed by atoms with E-state index in [-0.39, 0.29) is 5.41 Å². The highest BCUT2D eigenvalue weighted by Gasteiger charge is 2.21. The molecule has 0 bridgehead atoms. The monoisotopic (exact) mass is 262 g/mol. The Bertz CT molecular complexity index is 417. The average molecular weight is 262 g/mol. The molecule has 1 saturated heterocycles. The van der Waals surface area contributed by atoms with Gasteiger partial charge in [0.05, 0.1) is 5.69 Å². The fourth-order valence-corrected chi connectivity index (χ4v) is 2.33. The molecule has 106 valence electrons. The lowest BCUT2D eigenvalue weighted by Gasteiger charge is -2.28. The summed E-state index contributed by atoms with van der Waals surface area (Å²) in [6, 6.07) is 2.08. The van der Waals surface area contributed by atoms with Crippen molar-refractivity contribution in [3.63, 3.8) is 0 Å². The summed E-state index contributed by atoms with van der Waals surface area (Å²) in [7, 11) is 0. The van der Waals surface area contributed by atoms with E-state index in [1.807, 2.05) is 0 Å². The van der Waals surface area contributed by atoms with Gasteiger partial charge >= 0.3 is 0 Å². The van der Waals surface area contributed by atoms with Gasteiger partial charge in [0.1, 0.15) is 5.82 Å². The highest BCUT2D eigenvalue weighted by atomic mass is 15.3. The molecule has 1 aromatic rings. The van der Waals surface area contributed by atoms with Crippen LogP contribution in [-0.4, -0.2) is 29.6 Å². The number of nitrogens with zero attached hydrogens (tertiary/aromatic N) is 3. The molecule has 1 aliphatic heterocycles. The fourth-order valence-electron chi connectivity index (χ4n) is 2.33. The largest absolute Gasteiger partial charge is 0.370 e. The lowest BCUT2D eigenvalue weighted by Crippen LogP contribution is -2.32. The minimum atomic E-state index is 0.0532. The molecule has 0 aromatic carbocycles. The molecule has 0 radical (unpaired) electrons. The summed E-state index contributed by atoms with van der Waals surface area (Å²) in [5, 5.41) is 3.32. The summed E-state index contributed by atoms with van der Waals surface area (Å²) in [5.41, 5.74) is 1.16. The molecule has 1 fully saturated rings. The van der Waals surface area contributed by atoms with Gasteiger partial charge in [-0.25, -0.2) is 4.98 Å². The Hall–Kier alpha value is -1.32. The van der Waals surface area contributed by atoms with Crippen LogP contribution in [0.15, 0.2) is 6.07 Å². The third-order valence-electron chi connectivity index (χ3n) is 3.48. The van der Waals surface area contributed by atoms with Crippen LogP contribution in [0.1, 0.15) is 52.7 Å². The molecule has 1 aliphatic rings. The van der Waals surface area contributed by atoms with Crippen molar-refractivity contribution in [2.75, 3.05) is 29.9 Å². The topological polar surface area (TPSA) is 41.1 Å². The van der Waals surface area contributed by atoms with Crippen LogP contribution in [0.5, 0.6) is 0 Å². The lowest BCUT2D eigenvalue weighted by molar-refractivity contribution is 0.548. The van der Waals surface area contributed by atoms with Crippen LogP contribution in [0.25, 0.3) is 0 Å². The predicted octanol–water partition coefficient (Wildman–Crippen LogP) is 3.20. The molecule has 1 N–H and O–H groups in total. The second-order valence-electron chi connectivity index (χ2n) is 6.27. The molecule has 2 rings (SSSR count). The zero-order valence-electron chi connectivity index (χ0n) is 12.7. The Kier molecular flexibility index (Phi) is 4.27. The van der Waals surface area contributed by atoms with Crippen LogP contribution in [0.3, 0.4) is 0 Å². The van der Waals surface area contributed by atoms with E-state index in [1.165, 1.54) is 19.3 Å². The number of nitrogens with one attached hydrogen (secondary N) is 1. The SMILES string of the molecule is CCNc1cc(C(C)(C)C)nc(N2CCCCC2)n1. The summed E-state index contributed by atoms with van der Waals surface area (Å²) >= 11 is 0. The van der Waals surface area contributed by atoms with Crippen LogP contribution < -0.4 is 10.2 Å². The fraction of sp³-hybridized carbons (Fsp3) is 0.733. The van der Waals surface area contributed by atoms with Crippen LogP contribution in [0, 0.1) is 0 Å². The molecular formula is C15H26N4. The lowest BCUT2D eigenvalue weighted by atomic mass is 9.92. The second-order valence-corrected chi connectivity index (χ2v) is 6.27. The molecular weight excluding hydrogens is 236 g/mol. The quantitative estimate of drug-likeness (QED) is 0.908. The van der Waals surface area contributed by atoms with Gasteiger partial charge in [-0.05, 0) is 26.2 Å². The Morgan fingerprint density at radius 3 is 2.42 bits per heavy atom. The first-order chi connectivity index (χ1) is 9.00. The third kappa shape index (κ3) is 3.58. The maximum atomic E-state index is 4.79. The van der Waals surface area contributed by atoms with Crippen molar-refractivity contribution in [2.24, 2.45) is 0 Å². The van der Waals surface area contributed by atoms with Crippen molar-refractivity contribution >= 4 is 11.8 Å². The van der Waals surface area contributed by atoms with Crippen LogP contribution in [-0.2, 0) is 5.41 Å². The highest BCUT2D eigenvalue weighted by molar-refractivity contribution is 5.45. The van der Waals surface area contributed by atoms with Crippen molar-refractivity contribution in [3.05, 3.63) is 11.8 Å². The highest BCUT2D eigenvalue weighted by Crippen LogP contribution is 2.25. The Morgan fingerprint density at radius 1 is 1.16 bits per heavy atom. The number of hydrogen-bond donors (Lipinski definition) is 1. The van der Waals surface area contributed by atoms with E-state index in [2.05, 4.69) is 49.0 Å². The summed E-state index contributed by atoms with van der Waals surface area (Å²) in [4.78, 5) is 11.8. The Balaban J connectivity index is 2.33. The van der Waals surface area contributed by atoms with Gasteiger partial charge in [0, 0.05) is 31.1 Å². The predicted molar refractivity (Wildman–Crippen MR) is 81.0 cm³/mol. The van der Waals surface area contributed by atoms with Gasteiger partial charge in [0.25, 0.3) is 0 Å². The maximum absolute atomic E-state index is 4.79. The van der Waals surface area contributed by atoms with Crippen LogP contribution >= 0.6 is 0 Å². The maximum Gasteiger partial charge on any atom is 0.227 e. The van der Waals surface area contributed by atoms with Crippen molar-refractivity contribution in [1.82, 2.24) is 9.97 Å². The van der Waals surface area contributed by atoms with Gasteiger partial charge in [0.15, 0.2) is 0 Å². The molecule has 19 heavy (non-hydrogen) atoms. The van der Waals surface area contributed by atoms with Gasteiger partial charge in [-0.3, -0.25) is 0 Å². The molecule has 0 spiro atoms. The van der Waals surface area contributed by atoms with E-state index in [9.17, 15) is 0 Å². The van der Waals surface area contributed by atoms with E-state index in [0.717, 1.165) is 37.1 Å². The van der Waals surface area contributed by atoms with E-state index in [1.54, 1.807) is 0 Å². The molecule has 0 aliphatic carbocycles. The zero-order chi connectivity index (χ0) is 13.9. The molecule has 4 nitrogen and oxygen atoms in total. The first-order valence-corrected chi connectivity index (χ1v) is 7.39. The summed E-state index contributed by atoms with van der Waals surface area (Å²) in [6.45, 7) is 11.7. The van der Waals surface area contributed by atoms with Gasteiger partial charge < -0.3 is 10.2 Å². The van der Waals surface area contributed by atoms with E-state index < -0.39 is 0 Å². The number of piperidine rings is 1. The number of hydrogen-bond acceptors (Lipinski definition) is 4. The Labute approximate surface area is 116 Å². The van der Waals surface area contributed by atoms with Gasteiger partial charge in [-0.2, -0.15) is 4.98 Å². The minimum absolute atomic E-state index is 0.0532. The van der Waals surface area contributed by atoms with E-state index in [4.69, 9.17) is 4.98 Å². The first kappa shape index (κ1) is 14.1. The number of rotatable bonds is 3. The molecule has 0 atom stereocenters. The molecule has 0 saturated carbocycles. The number of anilines is 2. The molecule has 0 unspecified atom stereocenters. The van der Waals surface area contributed by atoms with Gasteiger partial charge in [-0.1, -0.05) is 20.8 Å². The zero-order valence-corrected chi connectivity index (χ0v) is 12.7. The van der Waals surface area contributed by atoms with Crippen molar-refractivity contribution in [1.29, 1.82) is 0 Å². The third-order valence-corrected chi connectivity index (χ3v) is 3.48. The first-order valence-electron chi connectivity index (χ1n) is 7.39. The van der Waals surface area contributed by atoms with E-state index in [0.29, 0.717) is 0 Å².